The van der Waals surface area contributed by atoms with Crippen molar-refractivity contribution in [1.82, 2.24) is 9.88 Å². The molecule has 1 saturated heterocycles. The molecule has 3 rings (SSSR count). The van der Waals surface area contributed by atoms with E-state index in [-0.39, 0.29) is 16.6 Å². The van der Waals surface area contributed by atoms with Gasteiger partial charge >= 0.3 is 0 Å². The van der Waals surface area contributed by atoms with Crippen LogP contribution in [0.3, 0.4) is 0 Å². The third kappa shape index (κ3) is 5.03. The lowest BCUT2D eigenvalue weighted by atomic mass is 10.1. The second-order valence-corrected chi connectivity index (χ2v) is 8.77. The van der Waals surface area contributed by atoms with Crippen molar-refractivity contribution in [1.29, 1.82) is 0 Å². The van der Waals surface area contributed by atoms with Gasteiger partial charge in [0.1, 0.15) is 5.82 Å². The Morgan fingerprint density at radius 3 is 2.41 bits per heavy atom. The maximum Gasteiger partial charge on any atom is 0.254 e. The summed E-state index contributed by atoms with van der Waals surface area (Å²) in [6, 6.07) is 8.19. The van der Waals surface area contributed by atoms with Gasteiger partial charge in [-0.2, -0.15) is 0 Å². The Kier molecular flexibility index (Phi) is 5.78. The highest BCUT2D eigenvalue weighted by atomic mass is 35.5. The molecule has 1 amide bonds. The molecule has 144 valence electrons. The Morgan fingerprint density at radius 1 is 1.11 bits per heavy atom. The van der Waals surface area contributed by atoms with E-state index in [0.717, 1.165) is 12.1 Å². The van der Waals surface area contributed by atoms with Gasteiger partial charge in [-0.05, 0) is 30.3 Å². The first-order valence-electron chi connectivity index (χ1n) is 8.16. The van der Waals surface area contributed by atoms with Crippen LogP contribution >= 0.6 is 23.2 Å². The quantitative estimate of drug-likeness (QED) is 0.808. The molecule has 0 aliphatic carbocycles. The molecule has 1 aliphatic rings. The fourth-order valence-corrected chi connectivity index (χ4v) is 3.71. The number of pyridine rings is 1. The first-order valence-corrected chi connectivity index (χ1v) is 10.8. The van der Waals surface area contributed by atoms with Crippen LogP contribution < -0.4 is 9.62 Å². The van der Waals surface area contributed by atoms with Gasteiger partial charge in [-0.25, -0.2) is 13.4 Å². The molecule has 27 heavy (non-hydrogen) atoms. The number of carbonyl (C=O) groups excluding carboxylic acids is 1. The van der Waals surface area contributed by atoms with Crippen molar-refractivity contribution in [2.24, 2.45) is 0 Å². The number of piperazine rings is 1. The van der Waals surface area contributed by atoms with E-state index in [1.54, 1.807) is 23.2 Å². The van der Waals surface area contributed by atoms with E-state index in [1.807, 2.05) is 6.07 Å². The molecule has 2 heterocycles. The Hall–Kier alpha value is -2.03. The number of halogens is 2. The molecule has 0 atom stereocenters. The Balaban J connectivity index is 1.69. The van der Waals surface area contributed by atoms with E-state index < -0.39 is 10.0 Å². The summed E-state index contributed by atoms with van der Waals surface area (Å²) in [6.45, 7) is 2.34. The van der Waals surface area contributed by atoms with Crippen molar-refractivity contribution in [2.75, 3.05) is 42.1 Å². The van der Waals surface area contributed by atoms with Crippen LogP contribution in [-0.4, -0.2) is 56.6 Å². The Morgan fingerprint density at radius 2 is 1.81 bits per heavy atom. The monoisotopic (exact) mass is 428 g/mol. The fraction of sp³-hybridized carbons (Fsp3) is 0.294. The van der Waals surface area contributed by atoms with Gasteiger partial charge in [0.15, 0.2) is 0 Å². The molecule has 1 aliphatic heterocycles. The van der Waals surface area contributed by atoms with Gasteiger partial charge in [-0.1, -0.05) is 23.2 Å². The van der Waals surface area contributed by atoms with Crippen LogP contribution in [0, 0.1) is 0 Å². The lowest BCUT2D eigenvalue weighted by Gasteiger charge is -2.35. The topological polar surface area (TPSA) is 82.6 Å². The summed E-state index contributed by atoms with van der Waals surface area (Å²) in [4.78, 5) is 20.9. The maximum atomic E-state index is 12.8. The molecule has 0 bridgehead atoms. The third-order valence-electron chi connectivity index (χ3n) is 4.11. The zero-order valence-electron chi connectivity index (χ0n) is 14.5. The number of amides is 1. The Labute approximate surface area is 167 Å². The average Bonchev–Trinajstić information content (AvgIpc) is 2.63. The van der Waals surface area contributed by atoms with Gasteiger partial charge < -0.3 is 9.80 Å². The molecule has 1 aromatic carbocycles. The highest BCUT2D eigenvalue weighted by molar-refractivity contribution is 7.92. The molecule has 0 saturated carbocycles. The van der Waals surface area contributed by atoms with E-state index in [1.165, 1.54) is 12.1 Å². The number of hydrogen-bond acceptors (Lipinski definition) is 5. The minimum atomic E-state index is -3.49. The highest BCUT2D eigenvalue weighted by Gasteiger charge is 2.23. The lowest BCUT2D eigenvalue weighted by Crippen LogP contribution is -2.49. The average molecular weight is 429 g/mol. The van der Waals surface area contributed by atoms with Crippen molar-refractivity contribution in [3.8, 4) is 0 Å². The minimum absolute atomic E-state index is 0.174. The standard InChI is InChI=1S/C17H18Cl2N4O3S/c1-27(25,26)21-15-10-12(2-4-14(15)19)17(24)23-8-6-22(7-9-23)16-5-3-13(18)11-20-16/h2-5,10-11,21H,6-9H2,1H3. The molecule has 0 spiro atoms. The Bertz CT molecular complexity index is 943. The second-order valence-electron chi connectivity index (χ2n) is 6.18. The van der Waals surface area contributed by atoms with Crippen LogP contribution in [0.1, 0.15) is 10.4 Å². The molecule has 2 aromatic rings. The number of aromatic nitrogens is 1. The van der Waals surface area contributed by atoms with E-state index in [2.05, 4.69) is 14.6 Å². The van der Waals surface area contributed by atoms with Gasteiger partial charge in [0.2, 0.25) is 10.0 Å². The van der Waals surface area contributed by atoms with Gasteiger partial charge in [-0.15, -0.1) is 0 Å². The summed E-state index contributed by atoms with van der Waals surface area (Å²) in [6.07, 6.45) is 2.63. The predicted molar refractivity (Wildman–Crippen MR) is 107 cm³/mol. The summed E-state index contributed by atoms with van der Waals surface area (Å²) in [5.41, 5.74) is 0.567. The van der Waals surface area contributed by atoms with Crippen molar-refractivity contribution in [2.45, 2.75) is 0 Å². The van der Waals surface area contributed by atoms with Crippen LogP contribution in [0.15, 0.2) is 36.5 Å². The molecule has 1 N–H and O–H groups in total. The van der Waals surface area contributed by atoms with Crippen molar-refractivity contribution in [3.05, 3.63) is 52.1 Å². The zero-order chi connectivity index (χ0) is 19.6. The van der Waals surface area contributed by atoms with E-state index >= 15 is 0 Å². The van der Waals surface area contributed by atoms with Crippen LogP contribution in [-0.2, 0) is 10.0 Å². The second kappa shape index (κ2) is 7.92. The number of nitrogens with zero attached hydrogens (tertiary/aromatic N) is 3. The van der Waals surface area contributed by atoms with E-state index in [9.17, 15) is 13.2 Å². The summed E-state index contributed by atoms with van der Waals surface area (Å²) < 4.78 is 25.2. The summed E-state index contributed by atoms with van der Waals surface area (Å²) in [7, 11) is -3.49. The SMILES string of the molecule is CS(=O)(=O)Nc1cc(C(=O)N2CCN(c3ccc(Cl)cn3)CC2)ccc1Cl. The van der Waals surface area contributed by atoms with Crippen LogP contribution in [0.5, 0.6) is 0 Å². The largest absolute Gasteiger partial charge is 0.353 e. The number of nitrogens with one attached hydrogen (secondary N) is 1. The molecule has 7 nitrogen and oxygen atoms in total. The van der Waals surface area contributed by atoms with Gasteiger partial charge in [0.25, 0.3) is 5.91 Å². The van der Waals surface area contributed by atoms with Crippen molar-refractivity contribution < 1.29 is 13.2 Å². The first kappa shape index (κ1) is 19.7. The molecule has 1 fully saturated rings. The fourth-order valence-electron chi connectivity index (χ4n) is 2.81. The maximum absolute atomic E-state index is 12.8. The normalized spacial score (nSPS) is 14.9. The molecule has 0 unspecified atom stereocenters. The minimum Gasteiger partial charge on any atom is -0.353 e. The smallest absolute Gasteiger partial charge is 0.254 e. The predicted octanol–water partition coefficient (Wildman–Crippen LogP) is 2.72. The number of carbonyl (C=O) groups is 1. The number of hydrogen-bond donors (Lipinski definition) is 1. The first-order chi connectivity index (χ1) is 12.7. The molecule has 0 radical (unpaired) electrons. The molecule has 1 aromatic heterocycles. The van der Waals surface area contributed by atoms with Gasteiger partial charge in [0.05, 0.1) is 22.0 Å². The number of sulfonamides is 1. The van der Waals surface area contributed by atoms with Crippen LogP contribution in [0.25, 0.3) is 0 Å². The summed E-state index contributed by atoms with van der Waals surface area (Å²) in [5.74, 6) is 0.643. The number of benzene rings is 1. The number of anilines is 2. The number of rotatable bonds is 4. The van der Waals surface area contributed by atoms with E-state index in [0.29, 0.717) is 36.8 Å². The zero-order valence-corrected chi connectivity index (χ0v) is 16.9. The lowest BCUT2D eigenvalue weighted by molar-refractivity contribution is 0.0746. The van der Waals surface area contributed by atoms with Crippen molar-refractivity contribution >= 4 is 50.6 Å². The summed E-state index contributed by atoms with van der Waals surface area (Å²) >= 11 is 11.9. The third-order valence-corrected chi connectivity index (χ3v) is 5.26. The van der Waals surface area contributed by atoms with Gasteiger partial charge in [0, 0.05) is 37.9 Å². The van der Waals surface area contributed by atoms with Crippen LogP contribution in [0.4, 0.5) is 11.5 Å². The highest BCUT2D eigenvalue weighted by Crippen LogP contribution is 2.25. The van der Waals surface area contributed by atoms with Crippen LogP contribution in [0.2, 0.25) is 10.0 Å². The van der Waals surface area contributed by atoms with Gasteiger partial charge in [-0.3, -0.25) is 9.52 Å². The van der Waals surface area contributed by atoms with Crippen molar-refractivity contribution in [3.63, 3.8) is 0 Å². The summed E-state index contributed by atoms with van der Waals surface area (Å²) in [5, 5.41) is 0.810. The van der Waals surface area contributed by atoms with E-state index in [4.69, 9.17) is 23.2 Å². The molecular weight excluding hydrogens is 411 g/mol. The molecular formula is C17H18Cl2N4O3S. The molecule has 10 heteroatoms.